The summed E-state index contributed by atoms with van der Waals surface area (Å²) >= 11 is 5.87. The van der Waals surface area contributed by atoms with Gasteiger partial charge in [-0.15, -0.1) is 0 Å². The van der Waals surface area contributed by atoms with E-state index in [9.17, 15) is 9.18 Å². The summed E-state index contributed by atoms with van der Waals surface area (Å²) in [6.45, 7) is 6.06. The summed E-state index contributed by atoms with van der Waals surface area (Å²) < 4.78 is 19.0. The first kappa shape index (κ1) is 18.9. The predicted octanol–water partition coefficient (Wildman–Crippen LogP) is 4.44. The highest BCUT2D eigenvalue weighted by Gasteiger charge is 2.07. The SMILES string of the molecule is Cc1cc(OCC(=O)N/N=C/c2c(F)cccc2Cl)ccc1C(C)C. The fourth-order valence-electron chi connectivity index (χ4n) is 2.37. The van der Waals surface area contributed by atoms with Crippen molar-refractivity contribution in [2.24, 2.45) is 5.10 Å². The molecule has 0 radical (unpaired) electrons. The second-order valence-electron chi connectivity index (χ2n) is 5.89. The molecule has 0 atom stereocenters. The van der Waals surface area contributed by atoms with Crippen molar-refractivity contribution in [3.63, 3.8) is 0 Å². The zero-order chi connectivity index (χ0) is 18.4. The van der Waals surface area contributed by atoms with Crippen LogP contribution in [0.5, 0.6) is 5.75 Å². The van der Waals surface area contributed by atoms with Gasteiger partial charge in [-0.05, 0) is 48.2 Å². The number of amides is 1. The first-order chi connectivity index (χ1) is 11.9. The maximum Gasteiger partial charge on any atom is 0.277 e. The van der Waals surface area contributed by atoms with Crippen molar-refractivity contribution in [3.05, 3.63) is 63.9 Å². The Labute approximate surface area is 151 Å². The standard InChI is InChI=1S/C19H20ClFN2O2/c1-12(2)15-8-7-14(9-13(15)3)25-11-19(24)23-22-10-16-17(20)5-4-6-18(16)21/h4-10,12H,11H2,1-3H3,(H,23,24)/b22-10+. The Kier molecular flexibility index (Phi) is 6.53. The lowest BCUT2D eigenvalue weighted by atomic mass is 9.98. The fraction of sp³-hybridized carbons (Fsp3) is 0.263. The Morgan fingerprint density at radius 3 is 2.76 bits per heavy atom. The van der Waals surface area contributed by atoms with Gasteiger partial charge in [-0.2, -0.15) is 5.10 Å². The summed E-state index contributed by atoms with van der Waals surface area (Å²) in [5, 5.41) is 3.92. The largest absolute Gasteiger partial charge is 0.484 e. The summed E-state index contributed by atoms with van der Waals surface area (Å²) in [5.41, 5.74) is 4.75. The molecule has 0 saturated carbocycles. The summed E-state index contributed by atoms with van der Waals surface area (Å²) in [7, 11) is 0. The van der Waals surface area contributed by atoms with Gasteiger partial charge in [-0.25, -0.2) is 9.82 Å². The molecule has 0 aromatic heterocycles. The minimum Gasteiger partial charge on any atom is -0.484 e. The molecule has 0 aliphatic heterocycles. The van der Waals surface area contributed by atoms with E-state index in [0.717, 1.165) is 11.8 Å². The van der Waals surface area contributed by atoms with Crippen molar-refractivity contribution in [1.82, 2.24) is 5.43 Å². The molecule has 0 bridgehead atoms. The van der Waals surface area contributed by atoms with Gasteiger partial charge in [0.1, 0.15) is 11.6 Å². The lowest BCUT2D eigenvalue weighted by Gasteiger charge is -2.12. The zero-order valence-corrected chi connectivity index (χ0v) is 15.1. The molecule has 1 amide bonds. The van der Waals surface area contributed by atoms with E-state index >= 15 is 0 Å². The quantitative estimate of drug-likeness (QED) is 0.610. The molecule has 2 aromatic carbocycles. The van der Waals surface area contributed by atoms with Crippen molar-refractivity contribution in [2.75, 3.05) is 6.61 Å². The third-order valence-corrected chi connectivity index (χ3v) is 3.95. The fourth-order valence-corrected chi connectivity index (χ4v) is 2.58. The zero-order valence-electron chi connectivity index (χ0n) is 14.3. The summed E-state index contributed by atoms with van der Waals surface area (Å²) in [6, 6.07) is 10.0. The number of halogens is 2. The van der Waals surface area contributed by atoms with Crippen LogP contribution >= 0.6 is 11.6 Å². The van der Waals surface area contributed by atoms with Crippen molar-refractivity contribution >= 4 is 23.7 Å². The van der Waals surface area contributed by atoms with Gasteiger partial charge in [-0.3, -0.25) is 4.79 Å². The Bertz CT molecular complexity index is 771. The number of hydrogen-bond acceptors (Lipinski definition) is 3. The van der Waals surface area contributed by atoms with Crippen LogP contribution in [0.3, 0.4) is 0 Å². The van der Waals surface area contributed by atoms with Crippen LogP contribution in [-0.2, 0) is 4.79 Å². The molecular formula is C19H20ClFN2O2. The molecule has 0 spiro atoms. The topological polar surface area (TPSA) is 50.7 Å². The highest BCUT2D eigenvalue weighted by Crippen LogP contribution is 2.23. The predicted molar refractivity (Wildman–Crippen MR) is 97.9 cm³/mol. The van der Waals surface area contributed by atoms with E-state index in [4.69, 9.17) is 16.3 Å². The van der Waals surface area contributed by atoms with Gasteiger partial charge in [0.05, 0.1) is 11.2 Å². The van der Waals surface area contributed by atoms with Crippen molar-refractivity contribution in [2.45, 2.75) is 26.7 Å². The molecule has 2 rings (SSSR count). The van der Waals surface area contributed by atoms with E-state index in [0.29, 0.717) is 11.7 Å². The molecular weight excluding hydrogens is 343 g/mol. The smallest absolute Gasteiger partial charge is 0.277 e. The summed E-state index contributed by atoms with van der Waals surface area (Å²) in [6.07, 6.45) is 1.16. The molecule has 2 aromatic rings. The number of benzene rings is 2. The number of aryl methyl sites for hydroxylation is 1. The highest BCUT2D eigenvalue weighted by atomic mass is 35.5. The van der Waals surface area contributed by atoms with Gasteiger partial charge in [0, 0.05) is 5.56 Å². The Balaban J connectivity index is 1.89. The van der Waals surface area contributed by atoms with Crippen LogP contribution < -0.4 is 10.2 Å². The molecule has 0 heterocycles. The van der Waals surface area contributed by atoms with E-state index in [1.165, 1.54) is 17.7 Å². The van der Waals surface area contributed by atoms with Gasteiger partial charge in [0.25, 0.3) is 5.91 Å². The third kappa shape index (κ3) is 5.29. The third-order valence-electron chi connectivity index (χ3n) is 3.62. The van der Waals surface area contributed by atoms with E-state index in [2.05, 4.69) is 24.4 Å². The van der Waals surface area contributed by atoms with Crippen LogP contribution in [0.2, 0.25) is 5.02 Å². The monoisotopic (exact) mass is 362 g/mol. The van der Waals surface area contributed by atoms with E-state index in [1.807, 2.05) is 25.1 Å². The van der Waals surface area contributed by atoms with Gasteiger partial charge < -0.3 is 4.74 Å². The maximum absolute atomic E-state index is 13.6. The number of ether oxygens (including phenoxy) is 1. The number of nitrogens with zero attached hydrogens (tertiary/aromatic N) is 1. The lowest BCUT2D eigenvalue weighted by Crippen LogP contribution is -2.24. The normalized spacial score (nSPS) is 11.1. The van der Waals surface area contributed by atoms with Crippen molar-refractivity contribution in [3.8, 4) is 5.75 Å². The van der Waals surface area contributed by atoms with E-state index in [-0.39, 0.29) is 17.2 Å². The molecule has 0 aliphatic rings. The van der Waals surface area contributed by atoms with Crippen LogP contribution in [0.4, 0.5) is 4.39 Å². The van der Waals surface area contributed by atoms with Crippen LogP contribution in [0.1, 0.15) is 36.5 Å². The Hall–Kier alpha value is -2.40. The molecule has 25 heavy (non-hydrogen) atoms. The van der Waals surface area contributed by atoms with Crippen molar-refractivity contribution in [1.29, 1.82) is 0 Å². The lowest BCUT2D eigenvalue weighted by molar-refractivity contribution is -0.123. The molecule has 1 N–H and O–H groups in total. The van der Waals surface area contributed by atoms with Gasteiger partial charge in [0.2, 0.25) is 0 Å². The molecule has 0 aliphatic carbocycles. The average Bonchev–Trinajstić information content (AvgIpc) is 2.55. The first-order valence-corrected chi connectivity index (χ1v) is 8.25. The average molecular weight is 363 g/mol. The van der Waals surface area contributed by atoms with Gasteiger partial charge >= 0.3 is 0 Å². The number of carbonyl (C=O) groups excluding carboxylic acids is 1. The number of hydrazone groups is 1. The van der Waals surface area contributed by atoms with Crippen LogP contribution in [0.15, 0.2) is 41.5 Å². The molecule has 132 valence electrons. The molecule has 0 fully saturated rings. The highest BCUT2D eigenvalue weighted by molar-refractivity contribution is 6.33. The van der Waals surface area contributed by atoms with E-state index < -0.39 is 11.7 Å². The summed E-state index contributed by atoms with van der Waals surface area (Å²) in [5.74, 6) is 0.0758. The van der Waals surface area contributed by atoms with Gasteiger partial charge in [-0.1, -0.05) is 37.6 Å². The number of nitrogens with one attached hydrogen (secondary N) is 1. The Morgan fingerprint density at radius 2 is 2.12 bits per heavy atom. The molecule has 4 nitrogen and oxygen atoms in total. The number of rotatable bonds is 6. The molecule has 0 saturated heterocycles. The number of hydrogen-bond donors (Lipinski definition) is 1. The minimum atomic E-state index is -0.512. The Morgan fingerprint density at radius 1 is 1.36 bits per heavy atom. The van der Waals surface area contributed by atoms with Crippen molar-refractivity contribution < 1.29 is 13.9 Å². The van der Waals surface area contributed by atoms with Crippen LogP contribution in [0.25, 0.3) is 0 Å². The number of carbonyl (C=O) groups is 1. The second-order valence-corrected chi connectivity index (χ2v) is 6.30. The first-order valence-electron chi connectivity index (χ1n) is 7.87. The van der Waals surface area contributed by atoms with E-state index in [1.54, 1.807) is 6.07 Å². The minimum absolute atomic E-state index is 0.116. The molecule has 0 unspecified atom stereocenters. The van der Waals surface area contributed by atoms with Crippen LogP contribution in [-0.4, -0.2) is 18.7 Å². The molecule has 6 heteroatoms. The van der Waals surface area contributed by atoms with Gasteiger partial charge in [0.15, 0.2) is 6.61 Å². The second kappa shape index (κ2) is 8.62. The maximum atomic E-state index is 13.6. The summed E-state index contributed by atoms with van der Waals surface area (Å²) in [4.78, 5) is 11.8. The van der Waals surface area contributed by atoms with Crippen LogP contribution in [0, 0.1) is 12.7 Å².